The highest BCUT2D eigenvalue weighted by Crippen LogP contribution is 2.42. The summed E-state index contributed by atoms with van der Waals surface area (Å²) in [4.78, 5) is 0. The zero-order chi connectivity index (χ0) is 13.0. The number of hydrogen-bond acceptors (Lipinski definition) is 3. The number of nitrogens with zero attached hydrogens (tertiary/aromatic N) is 3. The number of fused-ring (bicyclic) bond motifs is 2. The van der Waals surface area contributed by atoms with Crippen molar-refractivity contribution >= 4 is 0 Å². The number of rotatable bonds is 2. The summed E-state index contributed by atoms with van der Waals surface area (Å²) in [7, 11) is 0. The fraction of sp³-hybridized carbons (Fsp3) is 0.818. The van der Waals surface area contributed by atoms with Crippen LogP contribution in [0.5, 0.6) is 0 Å². The van der Waals surface area contributed by atoms with Crippen LogP contribution < -0.4 is 5.32 Å². The summed E-state index contributed by atoms with van der Waals surface area (Å²) in [6, 6.07) is 0.527. The predicted molar refractivity (Wildman–Crippen MR) is 57.7 cm³/mol. The fourth-order valence-electron chi connectivity index (χ4n) is 3.39. The lowest BCUT2D eigenvalue weighted by Gasteiger charge is -2.56. The second-order valence-corrected chi connectivity index (χ2v) is 5.67. The van der Waals surface area contributed by atoms with Crippen LogP contribution in [-0.4, -0.2) is 26.6 Å². The number of hydrogen-bond donors (Lipinski definition) is 1. The number of halogens is 3. The van der Waals surface area contributed by atoms with Gasteiger partial charge in [0.1, 0.15) is 0 Å². The van der Waals surface area contributed by atoms with Crippen LogP contribution >= 0.6 is 0 Å². The van der Waals surface area contributed by atoms with Gasteiger partial charge in [-0.3, -0.25) is 4.68 Å². The minimum atomic E-state index is -4.41. The largest absolute Gasteiger partial charge is 0.436 e. The molecule has 0 amide bonds. The molecule has 1 aromatic heterocycles. The zero-order valence-electron chi connectivity index (χ0n) is 10.0. The van der Waals surface area contributed by atoms with E-state index in [2.05, 4.69) is 22.6 Å². The first-order chi connectivity index (χ1) is 8.36. The topological polar surface area (TPSA) is 42.7 Å². The molecular formula is C11H15F3N4. The summed E-state index contributed by atoms with van der Waals surface area (Å²) in [5, 5.41) is 10.2. The molecule has 1 aromatic rings. The molecule has 1 saturated carbocycles. The molecular weight excluding hydrogens is 245 g/mol. The van der Waals surface area contributed by atoms with Crippen molar-refractivity contribution in [2.45, 2.75) is 50.5 Å². The summed E-state index contributed by atoms with van der Waals surface area (Å²) in [5.41, 5.74) is -0.988. The van der Waals surface area contributed by atoms with Gasteiger partial charge in [-0.2, -0.15) is 13.2 Å². The minimum Gasteiger partial charge on any atom is -0.307 e. The average Bonchev–Trinajstić information content (AvgIpc) is 2.62. The van der Waals surface area contributed by atoms with Crippen molar-refractivity contribution in [3.05, 3.63) is 11.9 Å². The van der Waals surface area contributed by atoms with Crippen LogP contribution in [0.25, 0.3) is 0 Å². The Hall–Kier alpha value is -1.11. The van der Waals surface area contributed by atoms with Gasteiger partial charge in [0.15, 0.2) is 5.69 Å². The third-order valence-electron chi connectivity index (χ3n) is 3.87. The van der Waals surface area contributed by atoms with Gasteiger partial charge in [0.25, 0.3) is 0 Å². The van der Waals surface area contributed by atoms with Gasteiger partial charge >= 0.3 is 6.18 Å². The second kappa shape index (κ2) is 3.69. The summed E-state index contributed by atoms with van der Waals surface area (Å²) < 4.78 is 38.6. The number of nitrogens with one attached hydrogen (secondary N) is 1. The zero-order valence-corrected chi connectivity index (χ0v) is 10.0. The van der Waals surface area contributed by atoms with Gasteiger partial charge in [-0.05, 0) is 25.2 Å². The highest BCUT2D eigenvalue weighted by atomic mass is 19.4. The lowest BCUT2D eigenvalue weighted by molar-refractivity contribution is -0.141. The van der Waals surface area contributed by atoms with Crippen molar-refractivity contribution in [2.75, 3.05) is 0 Å². The molecule has 2 unspecified atom stereocenters. The molecule has 3 atom stereocenters. The molecule has 0 spiro atoms. The summed E-state index contributed by atoms with van der Waals surface area (Å²) >= 11 is 0. The molecule has 100 valence electrons. The second-order valence-electron chi connectivity index (χ2n) is 5.67. The van der Waals surface area contributed by atoms with Gasteiger partial charge in [-0.25, -0.2) is 0 Å². The van der Waals surface area contributed by atoms with E-state index in [0.717, 1.165) is 25.5 Å². The molecule has 0 aromatic carbocycles. The number of piperidine rings is 1. The van der Waals surface area contributed by atoms with E-state index in [1.807, 2.05) is 0 Å². The maximum absolute atomic E-state index is 12.4. The normalized spacial score (nSPS) is 35.3. The molecule has 2 aliphatic heterocycles. The molecule has 4 nitrogen and oxygen atoms in total. The van der Waals surface area contributed by atoms with Crippen molar-refractivity contribution in [3.8, 4) is 0 Å². The van der Waals surface area contributed by atoms with Gasteiger partial charge in [0.05, 0.1) is 12.7 Å². The molecule has 1 aliphatic carbocycles. The van der Waals surface area contributed by atoms with Gasteiger partial charge in [-0.15, -0.1) is 5.10 Å². The first kappa shape index (κ1) is 12.0. The van der Waals surface area contributed by atoms with Crippen molar-refractivity contribution in [1.29, 1.82) is 0 Å². The lowest BCUT2D eigenvalue weighted by Crippen LogP contribution is -2.69. The monoisotopic (exact) mass is 260 g/mol. The van der Waals surface area contributed by atoms with E-state index < -0.39 is 11.9 Å². The SMILES string of the molecule is C[C@@H]1CC2CC(Cn3cc(C(F)(F)F)nn3)(C1)N2. The van der Waals surface area contributed by atoms with Crippen LogP contribution in [0.15, 0.2) is 6.20 Å². The third-order valence-corrected chi connectivity index (χ3v) is 3.87. The molecule has 4 rings (SSSR count). The van der Waals surface area contributed by atoms with Crippen LogP contribution in [0.2, 0.25) is 0 Å². The van der Waals surface area contributed by atoms with E-state index in [0.29, 0.717) is 18.5 Å². The van der Waals surface area contributed by atoms with Crippen LogP contribution in [0, 0.1) is 5.92 Å². The Morgan fingerprint density at radius 1 is 1.50 bits per heavy atom. The van der Waals surface area contributed by atoms with Gasteiger partial charge in [-0.1, -0.05) is 12.1 Å². The highest BCUT2D eigenvalue weighted by molar-refractivity contribution is 5.09. The third kappa shape index (κ3) is 2.00. The van der Waals surface area contributed by atoms with E-state index >= 15 is 0 Å². The first-order valence-corrected chi connectivity index (χ1v) is 6.11. The maximum atomic E-state index is 12.4. The average molecular weight is 260 g/mol. The lowest BCUT2D eigenvalue weighted by atomic mass is 9.66. The van der Waals surface area contributed by atoms with Crippen LogP contribution in [-0.2, 0) is 12.7 Å². The number of alkyl halides is 3. The van der Waals surface area contributed by atoms with Crippen molar-refractivity contribution in [3.63, 3.8) is 0 Å². The Bertz CT molecular complexity index is 447. The fourth-order valence-corrected chi connectivity index (χ4v) is 3.39. The molecule has 3 heterocycles. The smallest absolute Gasteiger partial charge is 0.307 e. The van der Waals surface area contributed by atoms with E-state index in [9.17, 15) is 13.2 Å². The molecule has 1 N–H and O–H groups in total. The van der Waals surface area contributed by atoms with Crippen molar-refractivity contribution in [1.82, 2.24) is 20.3 Å². The molecule has 0 radical (unpaired) electrons. The molecule has 2 saturated heterocycles. The molecule has 3 fully saturated rings. The summed E-state index contributed by atoms with van der Waals surface area (Å²) in [6.45, 7) is 2.65. The Labute approximate surface area is 103 Å². The van der Waals surface area contributed by atoms with Crippen LogP contribution in [0.3, 0.4) is 0 Å². The van der Waals surface area contributed by atoms with Gasteiger partial charge < -0.3 is 5.32 Å². The van der Waals surface area contributed by atoms with Crippen molar-refractivity contribution in [2.24, 2.45) is 5.92 Å². The Kier molecular flexibility index (Phi) is 2.45. The molecule has 7 heteroatoms. The van der Waals surface area contributed by atoms with E-state index in [-0.39, 0.29) is 5.54 Å². The Morgan fingerprint density at radius 3 is 2.78 bits per heavy atom. The standard InChI is InChI=1S/C11H15F3N4/c1-7-2-8-4-10(3-7,15-8)6-18-5-9(16-17-18)11(12,13)14/h5,7-8,15H,2-4,6H2,1H3/t7-,8?,10?/m1/s1. The predicted octanol–water partition coefficient (Wildman–Crippen LogP) is 1.83. The Morgan fingerprint density at radius 2 is 2.22 bits per heavy atom. The Balaban J connectivity index is 1.72. The molecule has 3 aliphatic rings. The summed E-state index contributed by atoms with van der Waals surface area (Å²) in [6.07, 6.45) is -0.245. The maximum Gasteiger partial charge on any atom is 0.436 e. The molecule has 18 heavy (non-hydrogen) atoms. The van der Waals surface area contributed by atoms with E-state index in [4.69, 9.17) is 0 Å². The summed E-state index contributed by atoms with van der Waals surface area (Å²) in [5.74, 6) is 0.621. The number of aromatic nitrogens is 3. The quantitative estimate of drug-likeness (QED) is 0.882. The van der Waals surface area contributed by atoms with Crippen LogP contribution in [0.4, 0.5) is 13.2 Å². The van der Waals surface area contributed by atoms with Crippen molar-refractivity contribution < 1.29 is 13.2 Å². The minimum absolute atomic E-state index is 0.0705. The first-order valence-electron chi connectivity index (χ1n) is 6.11. The van der Waals surface area contributed by atoms with Gasteiger partial charge in [0, 0.05) is 11.6 Å². The highest BCUT2D eigenvalue weighted by Gasteiger charge is 2.49. The van der Waals surface area contributed by atoms with Gasteiger partial charge in [0.2, 0.25) is 0 Å². The van der Waals surface area contributed by atoms with E-state index in [1.54, 1.807) is 0 Å². The van der Waals surface area contributed by atoms with Crippen LogP contribution in [0.1, 0.15) is 31.9 Å². The van der Waals surface area contributed by atoms with E-state index in [1.165, 1.54) is 4.68 Å². The molecule has 2 bridgehead atoms.